The lowest BCUT2D eigenvalue weighted by Crippen LogP contribution is -2.46. The van der Waals surface area contributed by atoms with E-state index in [9.17, 15) is 4.79 Å². The molecule has 1 heterocycles. The minimum atomic E-state index is 0.0854. The highest BCUT2D eigenvalue weighted by molar-refractivity contribution is 5.82. The van der Waals surface area contributed by atoms with Crippen molar-refractivity contribution in [1.82, 2.24) is 10.6 Å². The monoisotopic (exact) mass is 210 g/mol. The van der Waals surface area contributed by atoms with Crippen LogP contribution >= 0.6 is 0 Å². The fraction of sp³-hybridized carbons (Fsp3) is 0.917. The molecule has 1 saturated carbocycles. The number of hydrogen-bond acceptors (Lipinski definition) is 2. The molecule has 1 aliphatic carbocycles. The molecule has 1 saturated heterocycles. The maximum Gasteiger partial charge on any atom is 0.237 e. The van der Waals surface area contributed by atoms with E-state index >= 15 is 0 Å². The fourth-order valence-electron chi connectivity index (χ4n) is 2.78. The highest BCUT2D eigenvalue weighted by Gasteiger charge is 2.26. The smallest absolute Gasteiger partial charge is 0.237 e. The first kappa shape index (κ1) is 10.9. The van der Waals surface area contributed by atoms with Gasteiger partial charge in [0.15, 0.2) is 0 Å². The normalized spacial score (nSPS) is 36.5. The Morgan fingerprint density at radius 2 is 2.13 bits per heavy atom. The molecule has 0 aromatic carbocycles. The number of rotatable bonds is 2. The first-order valence-corrected chi connectivity index (χ1v) is 6.29. The third-order valence-electron chi connectivity index (χ3n) is 3.66. The van der Waals surface area contributed by atoms with Gasteiger partial charge >= 0.3 is 0 Å². The van der Waals surface area contributed by atoms with Gasteiger partial charge < -0.3 is 10.6 Å². The maximum atomic E-state index is 11.8. The minimum absolute atomic E-state index is 0.0854. The third-order valence-corrected chi connectivity index (χ3v) is 3.66. The highest BCUT2D eigenvalue weighted by atomic mass is 16.2. The van der Waals surface area contributed by atoms with Crippen molar-refractivity contribution in [2.24, 2.45) is 5.92 Å². The van der Waals surface area contributed by atoms with Gasteiger partial charge in [-0.1, -0.05) is 19.8 Å². The average Bonchev–Trinajstić information content (AvgIpc) is 2.70. The Morgan fingerprint density at radius 1 is 1.27 bits per heavy atom. The molecule has 0 radical (unpaired) electrons. The minimum Gasteiger partial charge on any atom is -0.352 e. The van der Waals surface area contributed by atoms with Crippen molar-refractivity contribution in [3.63, 3.8) is 0 Å². The van der Waals surface area contributed by atoms with Gasteiger partial charge in [0.05, 0.1) is 6.04 Å². The Morgan fingerprint density at radius 3 is 2.80 bits per heavy atom. The van der Waals surface area contributed by atoms with Crippen LogP contribution in [0.1, 0.15) is 45.4 Å². The van der Waals surface area contributed by atoms with Gasteiger partial charge in [-0.25, -0.2) is 0 Å². The van der Waals surface area contributed by atoms with E-state index in [-0.39, 0.29) is 11.9 Å². The van der Waals surface area contributed by atoms with Crippen LogP contribution in [-0.4, -0.2) is 24.5 Å². The molecule has 3 atom stereocenters. The first-order chi connectivity index (χ1) is 7.25. The lowest BCUT2D eigenvalue weighted by atomic mass is 9.87. The van der Waals surface area contributed by atoms with E-state index in [0.29, 0.717) is 6.04 Å². The molecule has 3 heteroatoms. The average molecular weight is 210 g/mol. The maximum absolute atomic E-state index is 11.8. The molecule has 2 N–H and O–H groups in total. The van der Waals surface area contributed by atoms with Crippen LogP contribution < -0.4 is 10.6 Å². The summed E-state index contributed by atoms with van der Waals surface area (Å²) in [5.41, 5.74) is 0. The van der Waals surface area contributed by atoms with Crippen molar-refractivity contribution in [3.05, 3.63) is 0 Å². The van der Waals surface area contributed by atoms with Crippen molar-refractivity contribution in [1.29, 1.82) is 0 Å². The van der Waals surface area contributed by atoms with Gasteiger partial charge in [0.2, 0.25) is 5.91 Å². The number of carbonyl (C=O) groups is 1. The summed E-state index contributed by atoms with van der Waals surface area (Å²) in [5.74, 6) is 1.01. The second kappa shape index (κ2) is 4.97. The summed E-state index contributed by atoms with van der Waals surface area (Å²) in [7, 11) is 0. The molecule has 1 amide bonds. The number of nitrogens with one attached hydrogen (secondary N) is 2. The lowest BCUT2D eigenvalue weighted by Gasteiger charge is -2.28. The Bertz CT molecular complexity index is 224. The zero-order valence-electron chi connectivity index (χ0n) is 9.59. The molecule has 86 valence electrons. The van der Waals surface area contributed by atoms with E-state index in [2.05, 4.69) is 17.6 Å². The molecule has 3 nitrogen and oxygen atoms in total. The Labute approximate surface area is 92.0 Å². The summed E-state index contributed by atoms with van der Waals surface area (Å²) < 4.78 is 0. The van der Waals surface area contributed by atoms with Gasteiger partial charge in [0, 0.05) is 6.04 Å². The third kappa shape index (κ3) is 2.94. The van der Waals surface area contributed by atoms with E-state index < -0.39 is 0 Å². The largest absolute Gasteiger partial charge is 0.352 e. The van der Waals surface area contributed by atoms with Crippen molar-refractivity contribution >= 4 is 5.91 Å². The molecule has 2 rings (SSSR count). The van der Waals surface area contributed by atoms with Crippen molar-refractivity contribution in [2.45, 2.75) is 57.5 Å². The summed E-state index contributed by atoms with van der Waals surface area (Å²) in [4.78, 5) is 11.8. The molecule has 0 spiro atoms. The standard InChI is InChI=1S/C12H22N2O/c1-9-4-2-5-10(8-9)14-12(15)11-6-3-7-13-11/h9-11,13H,2-8H2,1H3,(H,14,15). The zero-order valence-corrected chi connectivity index (χ0v) is 9.59. The van der Waals surface area contributed by atoms with Gasteiger partial charge in [0.25, 0.3) is 0 Å². The Hall–Kier alpha value is -0.570. The zero-order chi connectivity index (χ0) is 10.7. The lowest BCUT2D eigenvalue weighted by molar-refractivity contribution is -0.123. The van der Waals surface area contributed by atoms with E-state index in [1.807, 2.05) is 0 Å². The summed E-state index contributed by atoms with van der Waals surface area (Å²) in [5, 5.41) is 6.43. The van der Waals surface area contributed by atoms with Crippen LogP contribution in [0.15, 0.2) is 0 Å². The predicted molar refractivity (Wildman–Crippen MR) is 60.6 cm³/mol. The molecule has 0 bridgehead atoms. The summed E-state index contributed by atoms with van der Waals surface area (Å²) >= 11 is 0. The van der Waals surface area contributed by atoms with E-state index in [4.69, 9.17) is 0 Å². The fourth-order valence-corrected chi connectivity index (χ4v) is 2.78. The molecule has 1 aliphatic heterocycles. The summed E-state index contributed by atoms with van der Waals surface area (Å²) in [6.07, 6.45) is 7.08. The van der Waals surface area contributed by atoms with Crippen molar-refractivity contribution in [2.75, 3.05) is 6.54 Å². The quantitative estimate of drug-likeness (QED) is 0.724. The second-order valence-electron chi connectivity index (χ2n) is 5.13. The molecule has 2 aliphatic rings. The molecule has 0 aromatic heterocycles. The number of hydrogen-bond donors (Lipinski definition) is 2. The molecule has 2 fully saturated rings. The Balaban J connectivity index is 1.77. The SMILES string of the molecule is CC1CCCC(NC(=O)C2CCCN2)C1. The molecular weight excluding hydrogens is 188 g/mol. The van der Waals surface area contributed by atoms with Gasteiger partial charge in [-0.2, -0.15) is 0 Å². The summed E-state index contributed by atoms with van der Waals surface area (Å²) in [6.45, 7) is 3.28. The van der Waals surface area contributed by atoms with Gasteiger partial charge in [-0.15, -0.1) is 0 Å². The number of amides is 1. The van der Waals surface area contributed by atoms with Gasteiger partial charge in [0.1, 0.15) is 0 Å². The van der Waals surface area contributed by atoms with E-state index in [1.54, 1.807) is 0 Å². The molecule has 0 aromatic rings. The molecular formula is C12H22N2O. The van der Waals surface area contributed by atoms with Crippen LogP contribution in [0, 0.1) is 5.92 Å². The van der Waals surface area contributed by atoms with Crippen LogP contribution in [-0.2, 0) is 4.79 Å². The number of carbonyl (C=O) groups excluding carboxylic acids is 1. The van der Waals surface area contributed by atoms with Gasteiger partial charge in [-0.3, -0.25) is 4.79 Å². The Kier molecular flexibility index (Phi) is 3.62. The van der Waals surface area contributed by atoms with Crippen LogP contribution in [0.3, 0.4) is 0 Å². The van der Waals surface area contributed by atoms with Crippen LogP contribution in [0.5, 0.6) is 0 Å². The van der Waals surface area contributed by atoms with E-state index in [0.717, 1.165) is 25.3 Å². The second-order valence-corrected chi connectivity index (χ2v) is 5.13. The van der Waals surface area contributed by atoms with Crippen LogP contribution in [0.2, 0.25) is 0 Å². The van der Waals surface area contributed by atoms with Crippen LogP contribution in [0.4, 0.5) is 0 Å². The topological polar surface area (TPSA) is 41.1 Å². The predicted octanol–water partition coefficient (Wildman–Crippen LogP) is 1.43. The van der Waals surface area contributed by atoms with E-state index in [1.165, 1.54) is 25.7 Å². The van der Waals surface area contributed by atoms with Crippen molar-refractivity contribution < 1.29 is 4.79 Å². The van der Waals surface area contributed by atoms with Crippen molar-refractivity contribution in [3.8, 4) is 0 Å². The van der Waals surface area contributed by atoms with Gasteiger partial charge in [-0.05, 0) is 38.1 Å². The highest BCUT2D eigenvalue weighted by Crippen LogP contribution is 2.23. The first-order valence-electron chi connectivity index (χ1n) is 6.29. The van der Waals surface area contributed by atoms with Crippen LogP contribution in [0.25, 0.3) is 0 Å². The summed E-state index contributed by atoms with van der Waals surface area (Å²) in [6, 6.07) is 0.519. The molecule has 15 heavy (non-hydrogen) atoms. The molecule has 3 unspecified atom stereocenters.